The summed E-state index contributed by atoms with van der Waals surface area (Å²) in [6, 6.07) is 10.4. The van der Waals surface area contributed by atoms with Gasteiger partial charge in [0.25, 0.3) is 0 Å². The molecule has 1 aromatic rings. The van der Waals surface area contributed by atoms with Crippen LogP contribution in [0.3, 0.4) is 0 Å². The number of carbonyl (C=O) groups is 1. The number of hydrogen-bond donors (Lipinski definition) is 1. The van der Waals surface area contributed by atoms with Crippen LogP contribution >= 0.6 is 0 Å². The van der Waals surface area contributed by atoms with Crippen molar-refractivity contribution in [3.8, 4) is 0 Å². The van der Waals surface area contributed by atoms with Crippen molar-refractivity contribution < 1.29 is 14.4 Å². The van der Waals surface area contributed by atoms with Crippen LogP contribution in [-0.2, 0) is 11.3 Å². The second kappa shape index (κ2) is 3.57. The molecule has 90 valence electrons. The second-order valence-corrected chi connectivity index (χ2v) is 5.68. The Morgan fingerprint density at radius 1 is 1.24 bits per heavy atom. The summed E-state index contributed by atoms with van der Waals surface area (Å²) in [6.45, 7) is 3.88. The number of nitrogens with zero attached hydrogens (tertiary/aromatic N) is 1. The van der Waals surface area contributed by atoms with Gasteiger partial charge < -0.3 is 9.59 Å². The number of piperidine rings is 1. The molecule has 3 rings (SSSR count). The summed E-state index contributed by atoms with van der Waals surface area (Å²) in [5.41, 5.74) is 0.921. The molecule has 3 nitrogen and oxygen atoms in total. The highest BCUT2D eigenvalue weighted by Gasteiger charge is 2.59. The van der Waals surface area contributed by atoms with Crippen molar-refractivity contribution in [2.45, 2.75) is 19.4 Å². The first-order chi connectivity index (χ1) is 8.14. The lowest BCUT2D eigenvalue weighted by Gasteiger charge is -2.31. The third kappa shape index (κ3) is 1.65. The highest BCUT2D eigenvalue weighted by Crippen LogP contribution is 2.46. The zero-order valence-electron chi connectivity index (χ0n) is 9.93. The maximum absolute atomic E-state index is 11.4. The van der Waals surface area contributed by atoms with E-state index in [0.717, 1.165) is 43.5 Å². The Kier molecular flexibility index (Phi) is 2.26. The number of hydrogen-bond acceptors (Lipinski definition) is 1. The summed E-state index contributed by atoms with van der Waals surface area (Å²) in [5.74, 6) is -0.580. The van der Waals surface area contributed by atoms with Crippen molar-refractivity contribution in [3.63, 3.8) is 0 Å². The van der Waals surface area contributed by atoms with Gasteiger partial charge in [-0.05, 0) is 0 Å². The SMILES string of the molecule is O=C(O)C12CC[N+](Cc3ccccc3)(CC1)C2. The van der Waals surface area contributed by atoms with Gasteiger partial charge >= 0.3 is 5.97 Å². The Bertz CT molecular complexity index is 433. The summed E-state index contributed by atoms with van der Waals surface area (Å²) in [4.78, 5) is 11.4. The van der Waals surface area contributed by atoms with E-state index in [1.54, 1.807) is 0 Å². The van der Waals surface area contributed by atoms with Crippen LogP contribution in [0, 0.1) is 5.41 Å². The highest BCUT2D eigenvalue weighted by atomic mass is 16.4. The molecule has 0 aliphatic carbocycles. The predicted octanol–water partition coefficient (Wildman–Crippen LogP) is 1.88. The highest BCUT2D eigenvalue weighted by molar-refractivity contribution is 5.75. The number of rotatable bonds is 3. The first-order valence-electron chi connectivity index (χ1n) is 6.27. The fourth-order valence-electron chi connectivity index (χ4n) is 3.56. The van der Waals surface area contributed by atoms with Crippen LogP contribution in [0.15, 0.2) is 30.3 Å². The molecule has 0 saturated carbocycles. The van der Waals surface area contributed by atoms with E-state index in [2.05, 4.69) is 24.3 Å². The fourth-order valence-corrected chi connectivity index (χ4v) is 3.56. The molecule has 0 unspecified atom stereocenters. The van der Waals surface area contributed by atoms with E-state index in [-0.39, 0.29) is 0 Å². The summed E-state index contributed by atoms with van der Waals surface area (Å²) >= 11 is 0. The molecule has 0 amide bonds. The molecule has 0 radical (unpaired) electrons. The normalized spacial score (nSPS) is 35.1. The van der Waals surface area contributed by atoms with Gasteiger partial charge in [-0.2, -0.15) is 0 Å². The van der Waals surface area contributed by atoms with Crippen molar-refractivity contribution in [3.05, 3.63) is 35.9 Å². The van der Waals surface area contributed by atoms with Gasteiger partial charge in [-0.3, -0.25) is 4.79 Å². The minimum absolute atomic E-state index is 0.408. The molecule has 1 aromatic carbocycles. The van der Waals surface area contributed by atoms with Gasteiger partial charge in [0.05, 0.1) is 19.6 Å². The molecule has 2 saturated heterocycles. The maximum Gasteiger partial charge on any atom is 0.315 e. The second-order valence-electron chi connectivity index (χ2n) is 5.68. The van der Waals surface area contributed by atoms with Crippen molar-refractivity contribution in [2.24, 2.45) is 5.41 Å². The zero-order chi connectivity index (χ0) is 11.9. The lowest BCUT2D eigenvalue weighted by Crippen LogP contribution is -2.42. The number of benzene rings is 1. The summed E-state index contributed by atoms with van der Waals surface area (Å²) in [5, 5.41) is 9.36. The first kappa shape index (κ1) is 10.8. The van der Waals surface area contributed by atoms with Crippen molar-refractivity contribution >= 4 is 5.97 Å². The Labute approximate surface area is 101 Å². The number of quaternary nitrogens is 1. The third-order valence-corrected chi connectivity index (χ3v) is 4.58. The minimum Gasteiger partial charge on any atom is -0.481 e. The average molecular weight is 232 g/mol. The van der Waals surface area contributed by atoms with E-state index in [1.807, 2.05) is 6.07 Å². The molecular weight excluding hydrogens is 214 g/mol. The number of fused-ring (bicyclic) bond motifs is 2. The van der Waals surface area contributed by atoms with Crippen LogP contribution in [0.1, 0.15) is 18.4 Å². The van der Waals surface area contributed by atoms with Gasteiger partial charge in [0.1, 0.15) is 12.0 Å². The van der Waals surface area contributed by atoms with E-state index in [1.165, 1.54) is 5.56 Å². The topological polar surface area (TPSA) is 37.3 Å². The molecule has 0 spiro atoms. The van der Waals surface area contributed by atoms with Gasteiger partial charge in [0.15, 0.2) is 0 Å². The summed E-state index contributed by atoms with van der Waals surface area (Å²) in [6.07, 6.45) is 1.71. The monoisotopic (exact) mass is 232 g/mol. The van der Waals surface area contributed by atoms with Crippen molar-refractivity contribution in [1.29, 1.82) is 0 Å². The average Bonchev–Trinajstić information content (AvgIpc) is 2.87. The molecule has 2 bridgehead atoms. The Balaban J connectivity index is 1.80. The molecule has 17 heavy (non-hydrogen) atoms. The largest absolute Gasteiger partial charge is 0.481 e. The van der Waals surface area contributed by atoms with Gasteiger partial charge in [-0.1, -0.05) is 30.3 Å². The Hall–Kier alpha value is -1.35. The van der Waals surface area contributed by atoms with Crippen molar-refractivity contribution in [2.75, 3.05) is 19.6 Å². The molecular formula is C14H18NO2+. The molecule has 0 aromatic heterocycles. The van der Waals surface area contributed by atoms with Gasteiger partial charge in [-0.25, -0.2) is 0 Å². The molecule has 3 heteroatoms. The van der Waals surface area contributed by atoms with E-state index in [0.29, 0.717) is 0 Å². The molecule has 0 atom stereocenters. The van der Waals surface area contributed by atoms with Crippen molar-refractivity contribution in [1.82, 2.24) is 0 Å². The zero-order valence-corrected chi connectivity index (χ0v) is 9.93. The fraction of sp³-hybridized carbons (Fsp3) is 0.500. The number of carboxylic acids is 1. The van der Waals surface area contributed by atoms with Crippen LogP contribution in [0.5, 0.6) is 0 Å². The number of carboxylic acid groups (broad SMARTS) is 1. The van der Waals surface area contributed by atoms with Crippen LogP contribution in [0.4, 0.5) is 0 Å². The van der Waals surface area contributed by atoms with E-state index < -0.39 is 11.4 Å². The maximum atomic E-state index is 11.4. The van der Waals surface area contributed by atoms with E-state index in [4.69, 9.17) is 0 Å². The first-order valence-corrected chi connectivity index (χ1v) is 6.27. The molecule has 2 aliphatic rings. The minimum atomic E-state index is -0.580. The summed E-state index contributed by atoms with van der Waals surface area (Å²) in [7, 11) is 0. The summed E-state index contributed by atoms with van der Waals surface area (Å²) < 4.78 is 0.982. The number of aliphatic carboxylic acids is 1. The van der Waals surface area contributed by atoms with Gasteiger partial charge in [0, 0.05) is 18.4 Å². The van der Waals surface area contributed by atoms with Gasteiger partial charge in [0.2, 0.25) is 0 Å². The molecule has 2 fully saturated rings. The lowest BCUT2D eigenvalue weighted by molar-refractivity contribution is -0.922. The van der Waals surface area contributed by atoms with Crippen LogP contribution in [-0.4, -0.2) is 35.2 Å². The standard InChI is InChI=1S/C14H17NO2/c16-13(17)14-6-8-15(11-14,9-7-14)10-12-4-2-1-3-5-12/h1-5H,6-11H2/p+1. The van der Waals surface area contributed by atoms with Crippen LogP contribution in [0.25, 0.3) is 0 Å². The van der Waals surface area contributed by atoms with E-state index >= 15 is 0 Å². The van der Waals surface area contributed by atoms with Gasteiger partial charge in [-0.15, -0.1) is 0 Å². The Morgan fingerprint density at radius 2 is 1.88 bits per heavy atom. The molecule has 2 heterocycles. The molecule has 1 N–H and O–H groups in total. The quantitative estimate of drug-likeness (QED) is 0.808. The third-order valence-electron chi connectivity index (χ3n) is 4.58. The van der Waals surface area contributed by atoms with E-state index in [9.17, 15) is 9.90 Å². The van der Waals surface area contributed by atoms with Crippen LogP contribution in [0.2, 0.25) is 0 Å². The smallest absolute Gasteiger partial charge is 0.315 e. The van der Waals surface area contributed by atoms with Crippen LogP contribution < -0.4 is 0 Å². The molecule has 2 aliphatic heterocycles. The lowest BCUT2D eigenvalue weighted by atomic mass is 9.85. The predicted molar refractivity (Wildman–Crippen MR) is 64.3 cm³/mol. The Morgan fingerprint density at radius 3 is 2.41 bits per heavy atom.